The molecule has 0 aliphatic rings. The average Bonchev–Trinajstić information content (AvgIpc) is 3.94. The van der Waals surface area contributed by atoms with Crippen LogP contribution in [-0.2, 0) is 0 Å². The second-order valence-electron chi connectivity index (χ2n) is 16.3. The van der Waals surface area contributed by atoms with Crippen LogP contribution in [-0.4, -0.2) is 15.0 Å². The average molecular weight is 818 g/mol. The molecule has 0 amide bonds. The minimum Gasteiger partial charge on any atom is -0.456 e. The van der Waals surface area contributed by atoms with Crippen LogP contribution < -0.4 is 0 Å². The van der Waals surface area contributed by atoms with Gasteiger partial charge in [-0.2, -0.15) is 0 Å². The minimum atomic E-state index is 0.596. The molecule has 64 heavy (non-hydrogen) atoms. The van der Waals surface area contributed by atoms with Gasteiger partial charge >= 0.3 is 0 Å². The van der Waals surface area contributed by atoms with Gasteiger partial charge < -0.3 is 8.83 Å². The Morgan fingerprint density at radius 1 is 0.250 bits per heavy atom. The lowest BCUT2D eigenvalue weighted by Crippen LogP contribution is -2.00. The zero-order valence-electron chi connectivity index (χ0n) is 34.4. The molecule has 5 heteroatoms. The SMILES string of the molecule is c1ccc(-c2nc(-c3cccc4cc(-c5ccc(-c6cccc7oc8ccc(-c9cccc%10ccccc9%10)cc8c67)cc5)ccc34)nc(-c3cccc4oc5ccccc5c34)n2)cc1. The van der Waals surface area contributed by atoms with E-state index in [0.29, 0.717) is 17.5 Å². The van der Waals surface area contributed by atoms with Gasteiger partial charge in [0.1, 0.15) is 22.3 Å². The lowest BCUT2D eigenvalue weighted by atomic mass is 9.94. The normalized spacial score (nSPS) is 11.8. The predicted octanol–water partition coefficient (Wildman–Crippen LogP) is 16.0. The molecule has 13 aromatic rings. The topological polar surface area (TPSA) is 65.0 Å². The quantitative estimate of drug-likeness (QED) is 0.167. The van der Waals surface area contributed by atoms with Crippen LogP contribution >= 0.6 is 0 Å². The van der Waals surface area contributed by atoms with Crippen molar-refractivity contribution >= 4 is 65.4 Å². The summed E-state index contributed by atoms with van der Waals surface area (Å²) in [5.74, 6) is 1.82. The highest BCUT2D eigenvalue weighted by Gasteiger charge is 2.19. The Bertz CT molecular complexity index is 3950. The van der Waals surface area contributed by atoms with E-state index in [1.807, 2.05) is 60.7 Å². The molecule has 0 radical (unpaired) electrons. The van der Waals surface area contributed by atoms with E-state index in [0.717, 1.165) is 93.6 Å². The summed E-state index contributed by atoms with van der Waals surface area (Å²) in [4.78, 5) is 15.4. The number of fused-ring (bicyclic) bond motifs is 8. The van der Waals surface area contributed by atoms with Gasteiger partial charge in [0.2, 0.25) is 0 Å². The first-order valence-electron chi connectivity index (χ1n) is 21.5. The number of para-hydroxylation sites is 1. The third kappa shape index (κ3) is 5.90. The van der Waals surface area contributed by atoms with Gasteiger partial charge in [0.25, 0.3) is 0 Å². The summed E-state index contributed by atoms with van der Waals surface area (Å²) in [5.41, 5.74) is 13.1. The molecule has 0 aliphatic carbocycles. The number of rotatable bonds is 6. The van der Waals surface area contributed by atoms with Crippen molar-refractivity contribution in [2.24, 2.45) is 0 Å². The summed E-state index contributed by atoms with van der Waals surface area (Å²) in [6.45, 7) is 0. The first kappa shape index (κ1) is 36.0. The maximum Gasteiger partial charge on any atom is 0.164 e. The van der Waals surface area contributed by atoms with E-state index >= 15 is 0 Å². The molecular formula is C59H35N3O2. The Morgan fingerprint density at radius 3 is 1.61 bits per heavy atom. The standard InChI is InChI=1S/C59H35N3O2/c1-2-13-39(14-3-1)57-60-58(62-59(61-57)49-22-11-25-54-56(49)48-18-6-7-23-51(48)63-54)47-21-9-16-41-34-40(30-32-45(41)47)36-26-28-38(29-27-36)46-20-10-24-53-55(46)50-35-42(31-33-52(50)64-53)44-19-8-15-37-12-4-5-17-43(37)44/h1-35H. The number of hydrogen-bond donors (Lipinski definition) is 0. The number of benzene rings is 10. The number of furan rings is 2. The van der Waals surface area contributed by atoms with Crippen LogP contribution in [0.2, 0.25) is 0 Å². The molecule has 10 aromatic carbocycles. The van der Waals surface area contributed by atoms with Crippen molar-refractivity contribution in [2.45, 2.75) is 0 Å². The largest absolute Gasteiger partial charge is 0.456 e. The number of nitrogens with zero attached hydrogens (tertiary/aromatic N) is 3. The summed E-state index contributed by atoms with van der Waals surface area (Å²) < 4.78 is 12.7. The van der Waals surface area contributed by atoms with Crippen LogP contribution in [0, 0.1) is 0 Å². The van der Waals surface area contributed by atoms with Crippen LogP contribution in [0.1, 0.15) is 0 Å². The number of aromatic nitrogens is 3. The molecule has 5 nitrogen and oxygen atoms in total. The fourth-order valence-electron chi connectivity index (χ4n) is 9.51. The summed E-state index contributed by atoms with van der Waals surface area (Å²) in [6, 6.07) is 74.1. The molecule has 0 N–H and O–H groups in total. The van der Waals surface area contributed by atoms with Gasteiger partial charge in [-0.05, 0) is 91.3 Å². The molecule has 0 spiro atoms. The van der Waals surface area contributed by atoms with Crippen LogP contribution in [0.4, 0.5) is 0 Å². The van der Waals surface area contributed by atoms with Gasteiger partial charge in [-0.1, -0.05) is 176 Å². The van der Waals surface area contributed by atoms with Crippen molar-refractivity contribution in [1.82, 2.24) is 15.0 Å². The van der Waals surface area contributed by atoms with E-state index in [9.17, 15) is 0 Å². The van der Waals surface area contributed by atoms with E-state index in [1.54, 1.807) is 0 Å². The maximum absolute atomic E-state index is 6.44. The van der Waals surface area contributed by atoms with Gasteiger partial charge in [-0.15, -0.1) is 0 Å². The van der Waals surface area contributed by atoms with Crippen LogP contribution in [0.25, 0.3) is 133 Å². The maximum atomic E-state index is 6.44. The van der Waals surface area contributed by atoms with E-state index in [4.69, 9.17) is 23.8 Å². The van der Waals surface area contributed by atoms with E-state index in [1.165, 1.54) is 21.9 Å². The highest BCUT2D eigenvalue weighted by molar-refractivity contribution is 6.14. The Morgan fingerprint density at radius 2 is 0.781 bits per heavy atom. The summed E-state index contributed by atoms with van der Waals surface area (Å²) in [5, 5.41) is 8.88. The molecule has 3 heterocycles. The lowest BCUT2D eigenvalue weighted by molar-refractivity contribution is 0.668. The monoisotopic (exact) mass is 817 g/mol. The molecule has 3 aromatic heterocycles. The van der Waals surface area contributed by atoms with Crippen LogP contribution in [0.3, 0.4) is 0 Å². The van der Waals surface area contributed by atoms with E-state index < -0.39 is 0 Å². The van der Waals surface area contributed by atoms with Crippen molar-refractivity contribution in [2.75, 3.05) is 0 Å². The molecule has 0 fully saturated rings. The van der Waals surface area contributed by atoms with Crippen molar-refractivity contribution in [1.29, 1.82) is 0 Å². The van der Waals surface area contributed by atoms with Crippen molar-refractivity contribution in [3.05, 3.63) is 212 Å². The lowest BCUT2D eigenvalue weighted by Gasteiger charge is -2.12. The van der Waals surface area contributed by atoms with Crippen LogP contribution in [0.15, 0.2) is 221 Å². The summed E-state index contributed by atoms with van der Waals surface area (Å²) in [6.07, 6.45) is 0. The Hall–Kier alpha value is -8.67. The molecule has 0 unspecified atom stereocenters. The van der Waals surface area contributed by atoms with Gasteiger partial charge in [-0.25, -0.2) is 15.0 Å². The molecule has 13 rings (SSSR count). The van der Waals surface area contributed by atoms with E-state index in [2.05, 4.69) is 152 Å². The van der Waals surface area contributed by atoms with Crippen molar-refractivity contribution < 1.29 is 8.83 Å². The third-order valence-electron chi connectivity index (χ3n) is 12.6. The van der Waals surface area contributed by atoms with Gasteiger partial charge in [-0.3, -0.25) is 0 Å². The van der Waals surface area contributed by atoms with Gasteiger partial charge in [0.15, 0.2) is 17.5 Å². The van der Waals surface area contributed by atoms with Gasteiger partial charge in [0, 0.05) is 38.2 Å². The van der Waals surface area contributed by atoms with Crippen LogP contribution in [0.5, 0.6) is 0 Å². The molecule has 0 bridgehead atoms. The van der Waals surface area contributed by atoms with Gasteiger partial charge in [0.05, 0.1) is 0 Å². The molecule has 0 aliphatic heterocycles. The zero-order valence-corrected chi connectivity index (χ0v) is 34.4. The van der Waals surface area contributed by atoms with Crippen molar-refractivity contribution in [3.63, 3.8) is 0 Å². The highest BCUT2D eigenvalue weighted by atomic mass is 16.3. The highest BCUT2D eigenvalue weighted by Crippen LogP contribution is 2.41. The smallest absolute Gasteiger partial charge is 0.164 e. The van der Waals surface area contributed by atoms with E-state index in [-0.39, 0.29) is 0 Å². The molecular weight excluding hydrogens is 783 g/mol. The first-order valence-corrected chi connectivity index (χ1v) is 21.5. The Kier molecular flexibility index (Phi) is 8.15. The Labute approximate surface area is 367 Å². The zero-order chi connectivity index (χ0) is 42.1. The fourth-order valence-corrected chi connectivity index (χ4v) is 9.51. The Balaban J connectivity index is 0.882. The fraction of sp³-hybridized carbons (Fsp3) is 0. The second kappa shape index (κ2) is 14.5. The summed E-state index contributed by atoms with van der Waals surface area (Å²) in [7, 11) is 0. The predicted molar refractivity (Wildman–Crippen MR) is 262 cm³/mol. The first-order chi connectivity index (χ1) is 31.7. The third-order valence-corrected chi connectivity index (χ3v) is 12.6. The molecule has 0 atom stereocenters. The number of hydrogen-bond acceptors (Lipinski definition) is 5. The minimum absolute atomic E-state index is 0.596. The summed E-state index contributed by atoms with van der Waals surface area (Å²) >= 11 is 0. The van der Waals surface area contributed by atoms with Crippen molar-refractivity contribution in [3.8, 4) is 67.5 Å². The molecule has 0 saturated carbocycles. The second-order valence-corrected chi connectivity index (χ2v) is 16.3. The molecule has 298 valence electrons. The molecule has 0 saturated heterocycles.